The number of methoxy groups -OCH3 is 1. The van der Waals surface area contributed by atoms with Gasteiger partial charge in [0, 0.05) is 18.5 Å². The summed E-state index contributed by atoms with van der Waals surface area (Å²) in [5.74, 6) is 1.53. The van der Waals surface area contributed by atoms with E-state index in [-0.39, 0.29) is 11.9 Å². The highest BCUT2D eigenvalue weighted by atomic mass is 16.5. The first-order valence-corrected chi connectivity index (χ1v) is 8.07. The molecule has 1 aliphatic rings. The predicted molar refractivity (Wildman–Crippen MR) is 88.5 cm³/mol. The van der Waals surface area contributed by atoms with Crippen LogP contribution >= 0.6 is 0 Å². The third-order valence-electron chi connectivity index (χ3n) is 3.82. The summed E-state index contributed by atoms with van der Waals surface area (Å²) < 4.78 is 16.2. The standard InChI is InChI=1S/C16H21N5O4/c1-10(2)14-19-20-15(25-14)12-9-24-7-6-21(12)16(22)18-11-4-5-13(23-3)17-8-11/h4-5,8,10,12H,6-7,9H2,1-3H3,(H,18,22)/t12-/m1/s1. The van der Waals surface area contributed by atoms with Gasteiger partial charge in [0.15, 0.2) is 0 Å². The lowest BCUT2D eigenvalue weighted by Gasteiger charge is -2.33. The second-order valence-electron chi connectivity index (χ2n) is 5.94. The number of carbonyl (C=O) groups is 1. The average Bonchev–Trinajstić information content (AvgIpc) is 3.12. The highest BCUT2D eigenvalue weighted by molar-refractivity contribution is 5.89. The molecule has 0 bridgehead atoms. The second-order valence-corrected chi connectivity index (χ2v) is 5.94. The topological polar surface area (TPSA) is 103 Å². The maximum atomic E-state index is 12.7. The van der Waals surface area contributed by atoms with E-state index in [2.05, 4.69) is 20.5 Å². The summed E-state index contributed by atoms with van der Waals surface area (Å²) in [6, 6.07) is 2.71. The number of rotatable bonds is 4. The van der Waals surface area contributed by atoms with Crippen LogP contribution in [0.15, 0.2) is 22.7 Å². The SMILES string of the molecule is COc1ccc(NC(=O)N2CCOC[C@@H]2c2nnc(C(C)C)o2)cn1. The molecule has 1 N–H and O–H groups in total. The molecule has 134 valence electrons. The van der Waals surface area contributed by atoms with Crippen LogP contribution in [0.1, 0.15) is 37.6 Å². The molecular weight excluding hydrogens is 326 g/mol. The van der Waals surface area contributed by atoms with Crippen molar-refractivity contribution < 1.29 is 18.7 Å². The second kappa shape index (κ2) is 7.47. The van der Waals surface area contributed by atoms with E-state index in [0.29, 0.717) is 43.1 Å². The van der Waals surface area contributed by atoms with Crippen molar-refractivity contribution >= 4 is 11.7 Å². The van der Waals surface area contributed by atoms with Crippen LogP contribution in [0.5, 0.6) is 5.88 Å². The van der Waals surface area contributed by atoms with Crippen molar-refractivity contribution in [1.29, 1.82) is 0 Å². The van der Waals surface area contributed by atoms with Crippen LogP contribution in [-0.4, -0.2) is 53.0 Å². The lowest BCUT2D eigenvalue weighted by atomic mass is 10.2. The number of hydrogen-bond acceptors (Lipinski definition) is 7. The van der Waals surface area contributed by atoms with E-state index >= 15 is 0 Å². The van der Waals surface area contributed by atoms with Crippen LogP contribution < -0.4 is 10.1 Å². The minimum absolute atomic E-state index is 0.124. The van der Waals surface area contributed by atoms with Crippen molar-refractivity contribution in [1.82, 2.24) is 20.1 Å². The van der Waals surface area contributed by atoms with Crippen LogP contribution in [0, 0.1) is 0 Å². The summed E-state index contributed by atoms with van der Waals surface area (Å²) in [5.41, 5.74) is 0.574. The Morgan fingerprint density at radius 1 is 1.40 bits per heavy atom. The van der Waals surface area contributed by atoms with Gasteiger partial charge < -0.3 is 24.1 Å². The summed E-state index contributed by atoms with van der Waals surface area (Å²) >= 11 is 0. The number of nitrogens with one attached hydrogen (secondary N) is 1. The molecule has 1 fully saturated rings. The van der Waals surface area contributed by atoms with Crippen molar-refractivity contribution in [2.75, 3.05) is 32.2 Å². The normalized spacial score (nSPS) is 17.6. The van der Waals surface area contributed by atoms with Crippen molar-refractivity contribution in [3.8, 4) is 5.88 Å². The summed E-state index contributed by atoms with van der Waals surface area (Å²) in [4.78, 5) is 18.4. The maximum absolute atomic E-state index is 12.7. The van der Waals surface area contributed by atoms with Gasteiger partial charge in [0.05, 0.1) is 32.2 Å². The molecule has 0 spiro atoms. The Morgan fingerprint density at radius 2 is 2.24 bits per heavy atom. The Kier molecular flexibility index (Phi) is 5.13. The molecule has 1 aliphatic heterocycles. The van der Waals surface area contributed by atoms with E-state index in [1.807, 2.05) is 13.8 Å². The number of carbonyl (C=O) groups excluding carboxylic acids is 1. The molecule has 3 heterocycles. The molecule has 0 saturated carbocycles. The fourth-order valence-electron chi connectivity index (χ4n) is 2.44. The minimum Gasteiger partial charge on any atom is -0.481 e. The largest absolute Gasteiger partial charge is 0.481 e. The Bertz CT molecular complexity index is 716. The molecule has 0 unspecified atom stereocenters. The Hall–Kier alpha value is -2.68. The highest BCUT2D eigenvalue weighted by Gasteiger charge is 2.33. The van der Waals surface area contributed by atoms with Gasteiger partial charge in [0.2, 0.25) is 17.7 Å². The molecule has 1 atom stereocenters. The van der Waals surface area contributed by atoms with Gasteiger partial charge in [-0.3, -0.25) is 0 Å². The van der Waals surface area contributed by atoms with Crippen molar-refractivity contribution in [3.05, 3.63) is 30.1 Å². The van der Waals surface area contributed by atoms with Crippen molar-refractivity contribution in [3.63, 3.8) is 0 Å². The maximum Gasteiger partial charge on any atom is 0.322 e. The summed E-state index contributed by atoms with van der Waals surface area (Å²) in [6.45, 7) is 5.13. The molecule has 3 rings (SSSR count). The zero-order valence-electron chi connectivity index (χ0n) is 14.4. The van der Waals surface area contributed by atoms with E-state index in [0.717, 1.165) is 0 Å². The van der Waals surface area contributed by atoms with E-state index in [9.17, 15) is 4.79 Å². The molecule has 1 saturated heterocycles. The molecule has 25 heavy (non-hydrogen) atoms. The molecule has 2 aromatic rings. The number of aromatic nitrogens is 3. The zero-order valence-corrected chi connectivity index (χ0v) is 14.4. The van der Waals surface area contributed by atoms with E-state index in [1.165, 1.54) is 13.3 Å². The molecule has 0 aromatic carbocycles. The van der Waals surface area contributed by atoms with Crippen molar-refractivity contribution in [2.24, 2.45) is 0 Å². The van der Waals surface area contributed by atoms with Gasteiger partial charge in [-0.1, -0.05) is 13.8 Å². The van der Waals surface area contributed by atoms with E-state index < -0.39 is 6.04 Å². The summed E-state index contributed by atoms with van der Waals surface area (Å²) in [7, 11) is 1.54. The van der Waals surface area contributed by atoms with Gasteiger partial charge in [0.1, 0.15) is 6.04 Å². The molecule has 2 amide bonds. The summed E-state index contributed by atoms with van der Waals surface area (Å²) in [6.07, 6.45) is 1.54. The number of ether oxygens (including phenoxy) is 2. The number of nitrogens with zero attached hydrogens (tertiary/aromatic N) is 4. The Morgan fingerprint density at radius 3 is 2.88 bits per heavy atom. The first kappa shape index (κ1) is 17.2. The highest BCUT2D eigenvalue weighted by Crippen LogP contribution is 2.26. The van der Waals surface area contributed by atoms with Crippen molar-refractivity contribution in [2.45, 2.75) is 25.8 Å². The van der Waals surface area contributed by atoms with Crippen LogP contribution in [0.25, 0.3) is 0 Å². The number of morpholine rings is 1. The van der Waals surface area contributed by atoms with Crippen LogP contribution in [0.2, 0.25) is 0 Å². The Labute approximate surface area is 145 Å². The molecule has 2 aromatic heterocycles. The lowest BCUT2D eigenvalue weighted by molar-refractivity contribution is 0.00494. The molecule has 0 aliphatic carbocycles. The first-order valence-electron chi connectivity index (χ1n) is 8.07. The fraction of sp³-hybridized carbons (Fsp3) is 0.500. The van der Waals surface area contributed by atoms with Gasteiger partial charge in [-0.05, 0) is 6.07 Å². The minimum atomic E-state index is -0.417. The zero-order chi connectivity index (χ0) is 17.8. The number of hydrogen-bond donors (Lipinski definition) is 1. The van der Waals surface area contributed by atoms with Crippen LogP contribution in [0.4, 0.5) is 10.5 Å². The number of urea groups is 1. The Balaban J connectivity index is 1.73. The smallest absolute Gasteiger partial charge is 0.322 e. The van der Waals surface area contributed by atoms with Gasteiger partial charge in [-0.15, -0.1) is 10.2 Å². The molecular formula is C16H21N5O4. The van der Waals surface area contributed by atoms with E-state index in [4.69, 9.17) is 13.9 Å². The quantitative estimate of drug-likeness (QED) is 0.904. The van der Waals surface area contributed by atoms with E-state index in [1.54, 1.807) is 17.0 Å². The monoisotopic (exact) mass is 347 g/mol. The molecule has 9 nitrogen and oxygen atoms in total. The number of pyridine rings is 1. The average molecular weight is 347 g/mol. The van der Waals surface area contributed by atoms with Gasteiger partial charge >= 0.3 is 6.03 Å². The number of amides is 2. The molecule has 0 radical (unpaired) electrons. The number of anilines is 1. The molecule has 9 heteroatoms. The predicted octanol–water partition coefficient (Wildman–Crippen LogP) is 2.20. The first-order chi connectivity index (χ1) is 12.1. The fourth-order valence-corrected chi connectivity index (χ4v) is 2.44. The summed E-state index contributed by atoms with van der Waals surface area (Å²) in [5, 5.41) is 10.9. The van der Waals surface area contributed by atoms with Crippen LogP contribution in [0.3, 0.4) is 0 Å². The third kappa shape index (κ3) is 3.87. The van der Waals surface area contributed by atoms with Crippen LogP contribution in [-0.2, 0) is 4.74 Å². The van der Waals surface area contributed by atoms with Gasteiger partial charge in [0.25, 0.3) is 0 Å². The van der Waals surface area contributed by atoms with Gasteiger partial charge in [-0.2, -0.15) is 0 Å². The lowest BCUT2D eigenvalue weighted by Crippen LogP contribution is -2.45. The van der Waals surface area contributed by atoms with Gasteiger partial charge in [-0.25, -0.2) is 9.78 Å². The third-order valence-corrected chi connectivity index (χ3v) is 3.82.